The van der Waals surface area contributed by atoms with Crippen molar-refractivity contribution in [2.24, 2.45) is 11.8 Å². The Kier molecular flexibility index (Phi) is 17.8. The SMILES string of the molecule is Cc1cc(C)n(-c2cc([C@@H](CC(=O)O)CN3CC[C@@H](CCc4ccc5c(n4)NCCC5)C3)cc(N3CCN(C(=O)CCCC(=O)NCCCNC(=O)CCOCC(C)C)CC3)c2)n1. The number of benzene rings is 1. The minimum absolute atomic E-state index is 0.0285. The largest absolute Gasteiger partial charge is 0.481 e. The number of aromatic nitrogens is 3. The second kappa shape index (κ2) is 23.6. The van der Waals surface area contributed by atoms with E-state index < -0.39 is 5.97 Å². The molecule has 15 heteroatoms. The van der Waals surface area contributed by atoms with E-state index in [4.69, 9.17) is 14.8 Å². The molecule has 0 spiro atoms. The second-order valence-corrected chi connectivity index (χ2v) is 18.2. The number of ether oxygens (including phenoxy) is 1. The molecular weight excluding hydrogens is 799 g/mol. The summed E-state index contributed by atoms with van der Waals surface area (Å²) in [4.78, 5) is 61.6. The van der Waals surface area contributed by atoms with Crippen LogP contribution in [0.4, 0.5) is 11.5 Å². The van der Waals surface area contributed by atoms with Crippen LogP contribution in [0.5, 0.6) is 0 Å². The maximum Gasteiger partial charge on any atom is 0.304 e. The monoisotopic (exact) mass is 870 g/mol. The summed E-state index contributed by atoms with van der Waals surface area (Å²) in [5.41, 5.74) is 7.24. The van der Waals surface area contributed by atoms with Gasteiger partial charge < -0.3 is 40.5 Å². The van der Waals surface area contributed by atoms with E-state index in [-0.39, 0.29) is 36.5 Å². The van der Waals surface area contributed by atoms with Crippen molar-refractivity contribution >= 4 is 35.2 Å². The van der Waals surface area contributed by atoms with Crippen molar-refractivity contribution in [1.29, 1.82) is 0 Å². The van der Waals surface area contributed by atoms with Crippen LogP contribution in [-0.2, 0) is 36.8 Å². The number of hydrogen-bond acceptors (Lipinski definition) is 10. The van der Waals surface area contributed by atoms with Gasteiger partial charge in [0.2, 0.25) is 17.7 Å². The molecule has 2 saturated heterocycles. The lowest BCUT2D eigenvalue weighted by Crippen LogP contribution is -2.48. The number of carbonyl (C=O) groups excluding carboxylic acids is 3. The predicted molar refractivity (Wildman–Crippen MR) is 246 cm³/mol. The van der Waals surface area contributed by atoms with Gasteiger partial charge in [0.25, 0.3) is 0 Å². The average molecular weight is 870 g/mol. The molecule has 2 aromatic heterocycles. The smallest absolute Gasteiger partial charge is 0.304 e. The Morgan fingerprint density at radius 2 is 1.68 bits per heavy atom. The van der Waals surface area contributed by atoms with Crippen LogP contribution in [-0.4, -0.2) is 132 Å². The maximum absolute atomic E-state index is 13.2. The number of rotatable bonds is 23. The molecule has 0 saturated carbocycles. The first-order valence-corrected chi connectivity index (χ1v) is 23.4. The van der Waals surface area contributed by atoms with Crippen LogP contribution in [0.3, 0.4) is 0 Å². The first-order valence-electron chi connectivity index (χ1n) is 23.4. The molecule has 2 atom stereocenters. The van der Waals surface area contributed by atoms with E-state index in [1.807, 2.05) is 29.5 Å². The Morgan fingerprint density at radius 1 is 0.921 bits per heavy atom. The van der Waals surface area contributed by atoms with E-state index >= 15 is 0 Å². The van der Waals surface area contributed by atoms with Gasteiger partial charge in [-0.2, -0.15) is 5.10 Å². The molecule has 3 aromatic rings. The lowest BCUT2D eigenvalue weighted by atomic mass is 9.93. The predicted octanol–water partition coefficient (Wildman–Crippen LogP) is 5.26. The Hall–Kier alpha value is -5.02. The molecule has 63 heavy (non-hydrogen) atoms. The zero-order valence-corrected chi connectivity index (χ0v) is 38.1. The number of carboxylic acids is 1. The number of aryl methyl sites for hydroxylation is 4. The van der Waals surface area contributed by atoms with Crippen LogP contribution in [0.15, 0.2) is 36.4 Å². The molecule has 0 radical (unpaired) electrons. The zero-order valence-electron chi connectivity index (χ0n) is 38.1. The Bertz CT molecular complexity index is 1990. The third-order valence-corrected chi connectivity index (χ3v) is 12.4. The number of fused-ring (bicyclic) bond motifs is 1. The highest BCUT2D eigenvalue weighted by molar-refractivity contribution is 5.79. The number of aliphatic carboxylic acids is 1. The standard InChI is InChI=1S/C48H71N9O6/c1-34(2)33-63-25-16-45(59)50-19-7-18-49-44(58)9-5-10-46(60)56-23-21-55(22-24-56)42-27-39(28-43(30-42)57-36(4)26-35(3)53-57)40(29-47(61)62)32-54-20-15-37(31-54)11-13-41-14-12-38-8-6-17-51-48(38)52-41/h12,14,26-28,30,34,37,40H,5-11,13,15-25,29,31-33H2,1-4H3,(H,49,58)(H,50,59)(H,51,52)(H,61,62)/t37-,40+/m1/s1. The second-order valence-electron chi connectivity index (χ2n) is 18.2. The van der Waals surface area contributed by atoms with Gasteiger partial charge in [-0.25, -0.2) is 9.67 Å². The molecule has 3 aliphatic heterocycles. The third kappa shape index (κ3) is 14.8. The number of nitrogens with one attached hydrogen (secondary N) is 3. The van der Waals surface area contributed by atoms with Gasteiger partial charge in [0.15, 0.2) is 0 Å². The van der Waals surface area contributed by atoms with Crippen LogP contribution >= 0.6 is 0 Å². The number of anilines is 2. The van der Waals surface area contributed by atoms with E-state index in [1.54, 1.807) is 0 Å². The summed E-state index contributed by atoms with van der Waals surface area (Å²) in [6.07, 6.45) is 7.36. The molecule has 3 amide bonds. The number of hydrogen-bond donors (Lipinski definition) is 4. The van der Waals surface area contributed by atoms with Crippen molar-refractivity contribution in [1.82, 2.24) is 35.2 Å². The summed E-state index contributed by atoms with van der Waals surface area (Å²) in [7, 11) is 0. The molecule has 0 unspecified atom stereocenters. The number of piperazine rings is 1. The summed E-state index contributed by atoms with van der Waals surface area (Å²) < 4.78 is 7.40. The minimum Gasteiger partial charge on any atom is -0.481 e. The Morgan fingerprint density at radius 3 is 2.41 bits per heavy atom. The van der Waals surface area contributed by atoms with Crippen molar-refractivity contribution in [3.63, 3.8) is 0 Å². The van der Waals surface area contributed by atoms with Crippen molar-refractivity contribution in [3.05, 3.63) is 64.6 Å². The normalized spacial score (nSPS) is 17.1. The van der Waals surface area contributed by atoms with Gasteiger partial charge in [-0.1, -0.05) is 19.9 Å². The van der Waals surface area contributed by atoms with Gasteiger partial charge in [0.05, 0.1) is 24.4 Å². The van der Waals surface area contributed by atoms with E-state index in [2.05, 4.69) is 69.9 Å². The topological polar surface area (TPSA) is 174 Å². The zero-order chi connectivity index (χ0) is 44.7. The van der Waals surface area contributed by atoms with Gasteiger partial charge in [0.1, 0.15) is 5.82 Å². The van der Waals surface area contributed by atoms with Gasteiger partial charge in [-0.3, -0.25) is 19.2 Å². The molecule has 3 aliphatic rings. The van der Waals surface area contributed by atoms with Gasteiger partial charge in [-0.15, -0.1) is 0 Å². The van der Waals surface area contributed by atoms with Crippen LogP contribution in [0.1, 0.15) is 106 Å². The first-order chi connectivity index (χ1) is 30.4. The molecule has 1 aromatic carbocycles. The molecule has 0 bridgehead atoms. The summed E-state index contributed by atoms with van der Waals surface area (Å²) in [6.45, 7) is 16.1. The molecule has 2 fully saturated rings. The van der Waals surface area contributed by atoms with Crippen molar-refractivity contribution in [2.45, 2.75) is 104 Å². The van der Waals surface area contributed by atoms with E-state index in [0.717, 1.165) is 91.6 Å². The maximum atomic E-state index is 13.2. The fourth-order valence-electron chi connectivity index (χ4n) is 9.01. The lowest BCUT2D eigenvalue weighted by Gasteiger charge is -2.37. The average Bonchev–Trinajstić information content (AvgIpc) is 3.87. The summed E-state index contributed by atoms with van der Waals surface area (Å²) in [5.74, 6) is 0.878. The van der Waals surface area contributed by atoms with E-state index in [1.165, 1.54) is 5.56 Å². The summed E-state index contributed by atoms with van der Waals surface area (Å²) in [5, 5.41) is 24.2. The van der Waals surface area contributed by atoms with Gasteiger partial charge >= 0.3 is 5.97 Å². The van der Waals surface area contributed by atoms with E-state index in [9.17, 15) is 24.3 Å². The van der Waals surface area contributed by atoms with Crippen molar-refractivity contribution in [3.8, 4) is 5.69 Å². The van der Waals surface area contributed by atoms with Crippen molar-refractivity contribution in [2.75, 3.05) is 88.9 Å². The van der Waals surface area contributed by atoms with Crippen LogP contribution in [0, 0.1) is 25.7 Å². The van der Waals surface area contributed by atoms with E-state index in [0.29, 0.717) is 96.5 Å². The number of likely N-dealkylation sites (tertiary alicyclic amines) is 1. The molecule has 0 aliphatic carbocycles. The molecule has 4 N–H and O–H groups in total. The minimum atomic E-state index is -0.815. The molecule has 15 nitrogen and oxygen atoms in total. The van der Waals surface area contributed by atoms with Gasteiger partial charge in [-0.05, 0) is 119 Å². The molecule has 5 heterocycles. The van der Waals surface area contributed by atoms with Crippen LogP contribution < -0.4 is 20.9 Å². The Labute approximate surface area is 373 Å². The first kappa shape index (κ1) is 47.5. The lowest BCUT2D eigenvalue weighted by molar-refractivity contribution is -0.137. The third-order valence-electron chi connectivity index (χ3n) is 12.4. The number of carbonyl (C=O) groups is 4. The number of pyridine rings is 1. The van der Waals surface area contributed by atoms with Crippen LogP contribution in [0.25, 0.3) is 5.69 Å². The Balaban J connectivity index is 0.989. The highest BCUT2D eigenvalue weighted by Crippen LogP contribution is 2.33. The summed E-state index contributed by atoms with van der Waals surface area (Å²) >= 11 is 0. The molecule has 344 valence electrons. The molecular formula is C48H71N9O6. The number of carboxylic acid groups (broad SMARTS) is 1. The highest BCUT2D eigenvalue weighted by Gasteiger charge is 2.29. The highest BCUT2D eigenvalue weighted by atomic mass is 16.5. The number of nitrogens with zero attached hydrogens (tertiary/aromatic N) is 6. The quantitative estimate of drug-likeness (QED) is 0.0917. The summed E-state index contributed by atoms with van der Waals surface area (Å²) in [6, 6.07) is 12.8. The van der Waals surface area contributed by atoms with Crippen LogP contribution in [0.2, 0.25) is 0 Å². The van der Waals surface area contributed by atoms with Crippen molar-refractivity contribution < 1.29 is 29.0 Å². The number of amides is 3. The fraction of sp³-hybridized carbons (Fsp3) is 0.625. The van der Waals surface area contributed by atoms with Gasteiger partial charge in [0, 0.05) is 108 Å². The fourth-order valence-corrected chi connectivity index (χ4v) is 9.01. The molecule has 6 rings (SSSR count).